The van der Waals surface area contributed by atoms with Crippen molar-refractivity contribution >= 4 is 38.2 Å². The van der Waals surface area contributed by atoms with Crippen molar-refractivity contribution in [2.75, 3.05) is 16.8 Å². The van der Waals surface area contributed by atoms with Gasteiger partial charge in [0.15, 0.2) is 5.65 Å². The number of carbonyl (C=O) groups excluding carboxylic acids is 1. The van der Waals surface area contributed by atoms with Gasteiger partial charge in [0.25, 0.3) is 0 Å². The van der Waals surface area contributed by atoms with Crippen LogP contribution in [0.15, 0.2) is 17.5 Å². The quantitative estimate of drug-likeness (QED) is 0.617. The van der Waals surface area contributed by atoms with E-state index in [1.165, 1.54) is 0 Å². The fourth-order valence-corrected chi connectivity index (χ4v) is 6.64. The number of aromatic nitrogens is 3. The molecule has 0 amide bonds. The van der Waals surface area contributed by atoms with Gasteiger partial charge in [0, 0.05) is 43.6 Å². The number of oxime groups is 1. The Labute approximate surface area is 205 Å². The molecule has 2 fully saturated rings. The molecule has 3 aliphatic rings. The van der Waals surface area contributed by atoms with E-state index in [0.717, 1.165) is 28.0 Å². The van der Waals surface area contributed by atoms with Crippen LogP contribution in [0.5, 0.6) is 0 Å². The fourth-order valence-electron chi connectivity index (χ4n) is 5.15. The summed E-state index contributed by atoms with van der Waals surface area (Å²) in [5, 5.41) is 13.4. The number of hydrogen-bond acceptors (Lipinski definition) is 9. The summed E-state index contributed by atoms with van der Waals surface area (Å²) < 4.78 is 31.2. The highest BCUT2D eigenvalue weighted by Crippen LogP contribution is 2.48. The van der Waals surface area contributed by atoms with Crippen LogP contribution >= 0.6 is 0 Å². The van der Waals surface area contributed by atoms with Crippen molar-refractivity contribution in [3.05, 3.63) is 18.0 Å². The number of ether oxygens (including phenoxy) is 1. The molecular weight excluding hydrogens is 470 g/mol. The van der Waals surface area contributed by atoms with Gasteiger partial charge in [0.05, 0.1) is 40.4 Å². The van der Waals surface area contributed by atoms with E-state index in [2.05, 4.69) is 20.6 Å². The standard InChI is InChI=1S/C24H33N5O5S/c1-5-29-21-18(14-26-29)20(27-16-6-8-35(31,32)9-7-16)17(13-25-21)19-12-24(34-28-19)10-15(11-24)22(30)33-23(2,3)4/h13-16H,5-12H2,1-4H3,(H,25,27). The summed E-state index contributed by atoms with van der Waals surface area (Å²) in [5.41, 5.74) is 2.24. The van der Waals surface area contributed by atoms with E-state index in [1.54, 1.807) is 12.4 Å². The first kappa shape index (κ1) is 24.0. The molecule has 0 atom stereocenters. The van der Waals surface area contributed by atoms with Gasteiger partial charge in [-0.05, 0) is 40.5 Å². The molecule has 10 nitrogen and oxygen atoms in total. The molecule has 2 aromatic heterocycles. The number of esters is 1. The zero-order valence-corrected chi connectivity index (χ0v) is 21.5. The number of nitrogens with zero attached hydrogens (tertiary/aromatic N) is 4. The summed E-state index contributed by atoms with van der Waals surface area (Å²) in [4.78, 5) is 23.0. The minimum Gasteiger partial charge on any atom is -0.460 e. The minimum atomic E-state index is -2.96. The summed E-state index contributed by atoms with van der Waals surface area (Å²) in [5.74, 6) is -0.0117. The predicted molar refractivity (Wildman–Crippen MR) is 132 cm³/mol. The Bertz CT molecular complexity index is 1270. The normalized spacial score (nSPS) is 22.0. The Morgan fingerprint density at radius 3 is 2.63 bits per heavy atom. The number of carbonyl (C=O) groups is 1. The molecule has 0 bridgehead atoms. The molecule has 0 aromatic carbocycles. The van der Waals surface area contributed by atoms with Crippen molar-refractivity contribution in [2.45, 2.75) is 83.6 Å². The van der Waals surface area contributed by atoms with Crippen LogP contribution in [0, 0.1) is 5.92 Å². The Balaban J connectivity index is 1.37. The van der Waals surface area contributed by atoms with Gasteiger partial charge in [0.1, 0.15) is 21.0 Å². The molecular formula is C24H33N5O5S. The van der Waals surface area contributed by atoms with Crippen molar-refractivity contribution in [2.24, 2.45) is 11.1 Å². The topological polar surface area (TPSA) is 125 Å². The van der Waals surface area contributed by atoms with E-state index in [9.17, 15) is 13.2 Å². The lowest BCUT2D eigenvalue weighted by Gasteiger charge is -2.41. The molecule has 1 N–H and O–H groups in total. The number of hydrogen-bond donors (Lipinski definition) is 1. The minimum absolute atomic E-state index is 0.0324. The first-order valence-electron chi connectivity index (χ1n) is 12.3. The smallest absolute Gasteiger partial charge is 0.309 e. The zero-order valence-electron chi connectivity index (χ0n) is 20.7. The lowest BCUT2D eigenvalue weighted by Crippen LogP contribution is -2.48. The van der Waals surface area contributed by atoms with E-state index in [-0.39, 0.29) is 29.4 Å². The Morgan fingerprint density at radius 1 is 1.26 bits per heavy atom. The Kier molecular flexibility index (Phi) is 5.81. The number of anilines is 1. The van der Waals surface area contributed by atoms with Crippen LogP contribution in [0.25, 0.3) is 11.0 Å². The van der Waals surface area contributed by atoms with E-state index >= 15 is 0 Å². The molecule has 4 heterocycles. The van der Waals surface area contributed by atoms with Crippen molar-refractivity contribution in [1.29, 1.82) is 0 Å². The summed E-state index contributed by atoms with van der Waals surface area (Å²) in [6.45, 7) is 8.31. The molecule has 1 saturated carbocycles. The van der Waals surface area contributed by atoms with E-state index in [1.807, 2.05) is 32.4 Å². The second kappa shape index (κ2) is 8.46. The predicted octanol–water partition coefficient (Wildman–Crippen LogP) is 3.06. The highest BCUT2D eigenvalue weighted by Gasteiger charge is 2.54. The van der Waals surface area contributed by atoms with Gasteiger partial charge in [-0.3, -0.25) is 4.79 Å². The number of rotatable bonds is 5. The van der Waals surface area contributed by atoms with Crippen molar-refractivity contribution in [3.63, 3.8) is 0 Å². The Morgan fingerprint density at radius 2 is 1.97 bits per heavy atom. The first-order chi connectivity index (χ1) is 16.5. The lowest BCUT2D eigenvalue weighted by molar-refractivity contribution is -0.179. The maximum Gasteiger partial charge on any atom is 0.309 e. The molecule has 0 unspecified atom stereocenters. The lowest BCUT2D eigenvalue weighted by atomic mass is 9.68. The van der Waals surface area contributed by atoms with Gasteiger partial charge in [-0.25, -0.2) is 18.1 Å². The molecule has 5 rings (SSSR count). The largest absolute Gasteiger partial charge is 0.460 e. The van der Waals surface area contributed by atoms with E-state index < -0.39 is 21.0 Å². The van der Waals surface area contributed by atoms with Crippen LogP contribution in [-0.4, -0.2) is 63.6 Å². The first-order valence-corrected chi connectivity index (χ1v) is 14.1. The van der Waals surface area contributed by atoms with E-state index in [4.69, 9.17) is 9.57 Å². The highest BCUT2D eigenvalue weighted by atomic mass is 32.2. The number of sulfone groups is 1. The second-order valence-electron chi connectivity index (χ2n) is 10.9. The van der Waals surface area contributed by atoms with Crippen molar-refractivity contribution in [1.82, 2.24) is 14.8 Å². The van der Waals surface area contributed by atoms with Crippen LogP contribution in [0.3, 0.4) is 0 Å². The van der Waals surface area contributed by atoms with Gasteiger partial charge < -0.3 is 14.9 Å². The SMILES string of the molecule is CCn1ncc2c(NC3CCS(=O)(=O)CC3)c(C3=NOC4(C3)CC(C(=O)OC(C)(C)C)C4)cnc21. The zero-order chi connectivity index (χ0) is 25.0. The average Bonchev–Trinajstić information content (AvgIpc) is 3.38. The van der Waals surface area contributed by atoms with Crippen LogP contribution in [0.1, 0.15) is 65.4 Å². The maximum atomic E-state index is 12.4. The van der Waals surface area contributed by atoms with Crippen LogP contribution in [0.2, 0.25) is 0 Å². The summed E-state index contributed by atoms with van der Waals surface area (Å²) >= 11 is 0. The second-order valence-corrected chi connectivity index (χ2v) is 13.2. The molecule has 35 heavy (non-hydrogen) atoms. The van der Waals surface area contributed by atoms with Gasteiger partial charge in [-0.15, -0.1) is 0 Å². The summed E-state index contributed by atoms with van der Waals surface area (Å²) in [6.07, 6.45) is 6.42. The number of nitrogens with one attached hydrogen (secondary N) is 1. The maximum absolute atomic E-state index is 12.4. The van der Waals surface area contributed by atoms with Gasteiger partial charge >= 0.3 is 5.97 Å². The third-order valence-electron chi connectivity index (χ3n) is 7.00. The average molecular weight is 504 g/mol. The number of fused-ring (bicyclic) bond motifs is 1. The molecule has 2 aromatic rings. The monoisotopic (exact) mass is 503 g/mol. The molecule has 2 aliphatic heterocycles. The third-order valence-corrected chi connectivity index (χ3v) is 8.71. The fraction of sp³-hybridized carbons (Fsp3) is 0.667. The van der Waals surface area contributed by atoms with Crippen molar-refractivity contribution in [3.8, 4) is 0 Å². The van der Waals surface area contributed by atoms with Crippen LogP contribution < -0.4 is 5.32 Å². The molecule has 1 aliphatic carbocycles. The molecule has 0 radical (unpaired) electrons. The molecule has 11 heteroatoms. The van der Waals surface area contributed by atoms with Gasteiger partial charge in [0.2, 0.25) is 0 Å². The third kappa shape index (κ3) is 4.74. The van der Waals surface area contributed by atoms with Crippen LogP contribution in [0.4, 0.5) is 5.69 Å². The summed E-state index contributed by atoms with van der Waals surface area (Å²) in [7, 11) is -2.96. The number of pyridine rings is 1. The molecule has 1 spiro atoms. The van der Waals surface area contributed by atoms with Gasteiger partial charge in [-0.1, -0.05) is 5.16 Å². The molecule has 1 saturated heterocycles. The van der Waals surface area contributed by atoms with Crippen LogP contribution in [-0.2, 0) is 30.8 Å². The van der Waals surface area contributed by atoms with Gasteiger partial charge in [-0.2, -0.15) is 5.10 Å². The Hall–Kier alpha value is -2.69. The van der Waals surface area contributed by atoms with Crippen molar-refractivity contribution < 1.29 is 22.8 Å². The number of aryl methyl sites for hydroxylation is 1. The highest BCUT2D eigenvalue weighted by molar-refractivity contribution is 7.91. The molecule has 190 valence electrons. The summed E-state index contributed by atoms with van der Waals surface area (Å²) in [6, 6.07) is 0.0324. The van der Waals surface area contributed by atoms with E-state index in [0.29, 0.717) is 38.6 Å².